The number of rotatable bonds is 2. The highest BCUT2D eigenvalue weighted by Crippen LogP contribution is 2.22. The highest BCUT2D eigenvalue weighted by atomic mass is 15.1. The van der Waals surface area contributed by atoms with Gasteiger partial charge in [-0.15, -0.1) is 0 Å². The molecule has 0 aromatic carbocycles. The fourth-order valence-electron chi connectivity index (χ4n) is 2.35. The van der Waals surface area contributed by atoms with Crippen LogP contribution < -0.4 is 5.32 Å². The third-order valence-electron chi connectivity index (χ3n) is 3.06. The molecule has 2 heteroatoms. The molecule has 1 saturated carbocycles. The van der Waals surface area contributed by atoms with Crippen LogP contribution in [-0.2, 0) is 0 Å². The molecular weight excluding hydrogens is 172 g/mol. The molecule has 1 aliphatic carbocycles. The Morgan fingerprint density at radius 2 is 1.50 bits per heavy atom. The van der Waals surface area contributed by atoms with Crippen LogP contribution >= 0.6 is 0 Å². The summed E-state index contributed by atoms with van der Waals surface area (Å²) >= 11 is 0. The van der Waals surface area contributed by atoms with Crippen molar-refractivity contribution in [1.82, 2.24) is 10.2 Å². The van der Waals surface area contributed by atoms with Crippen molar-refractivity contribution >= 4 is 0 Å². The van der Waals surface area contributed by atoms with Crippen molar-refractivity contribution in [3.63, 3.8) is 0 Å². The molecule has 0 bridgehead atoms. The molecule has 0 heterocycles. The molecule has 1 rings (SSSR count). The van der Waals surface area contributed by atoms with E-state index in [4.69, 9.17) is 0 Å². The van der Waals surface area contributed by atoms with Crippen LogP contribution in [0, 0.1) is 0 Å². The molecule has 2 nitrogen and oxygen atoms in total. The largest absolute Gasteiger partial charge is 0.309 e. The minimum atomic E-state index is 0.273. The molecule has 1 aliphatic rings. The zero-order valence-corrected chi connectivity index (χ0v) is 10.4. The molecular formula is C12H26N2. The predicted octanol–water partition coefficient (Wildman–Crippen LogP) is 2.25. The summed E-state index contributed by atoms with van der Waals surface area (Å²) in [5.41, 5.74) is 0.273. The van der Waals surface area contributed by atoms with Gasteiger partial charge < -0.3 is 10.2 Å². The van der Waals surface area contributed by atoms with E-state index in [1.165, 1.54) is 25.7 Å². The van der Waals surface area contributed by atoms with Crippen LogP contribution in [0.15, 0.2) is 0 Å². The summed E-state index contributed by atoms with van der Waals surface area (Å²) in [6.07, 6.45) is 5.36. The van der Waals surface area contributed by atoms with Crippen molar-refractivity contribution < 1.29 is 0 Å². The van der Waals surface area contributed by atoms with Crippen LogP contribution in [0.1, 0.15) is 46.5 Å². The monoisotopic (exact) mass is 198 g/mol. The normalized spacial score (nSPS) is 29.6. The Morgan fingerprint density at radius 3 is 1.86 bits per heavy atom. The summed E-state index contributed by atoms with van der Waals surface area (Å²) in [7, 11) is 4.39. The highest BCUT2D eigenvalue weighted by molar-refractivity contribution is 4.84. The van der Waals surface area contributed by atoms with E-state index in [-0.39, 0.29) is 5.54 Å². The van der Waals surface area contributed by atoms with Crippen molar-refractivity contribution in [2.45, 2.75) is 64.1 Å². The van der Waals surface area contributed by atoms with Crippen LogP contribution in [0.25, 0.3) is 0 Å². The first-order valence-electron chi connectivity index (χ1n) is 5.82. The Bertz CT molecular complexity index is 162. The summed E-state index contributed by atoms with van der Waals surface area (Å²) in [6, 6.07) is 1.55. The fraction of sp³-hybridized carbons (Fsp3) is 1.00. The first-order valence-corrected chi connectivity index (χ1v) is 5.82. The van der Waals surface area contributed by atoms with E-state index in [0.717, 1.165) is 12.1 Å². The molecule has 0 aromatic rings. The van der Waals surface area contributed by atoms with Crippen molar-refractivity contribution in [2.24, 2.45) is 0 Å². The highest BCUT2D eigenvalue weighted by Gasteiger charge is 2.24. The van der Waals surface area contributed by atoms with E-state index in [1.807, 2.05) is 0 Å². The van der Waals surface area contributed by atoms with E-state index in [0.29, 0.717) is 0 Å². The topological polar surface area (TPSA) is 15.3 Å². The minimum absolute atomic E-state index is 0.273. The number of nitrogens with zero attached hydrogens (tertiary/aromatic N) is 1. The second-order valence-electron chi connectivity index (χ2n) is 5.86. The second-order valence-corrected chi connectivity index (χ2v) is 5.86. The molecule has 0 unspecified atom stereocenters. The maximum Gasteiger partial charge on any atom is 0.00990 e. The maximum absolute atomic E-state index is 3.70. The Hall–Kier alpha value is -0.0800. The number of hydrogen-bond donors (Lipinski definition) is 1. The third kappa shape index (κ3) is 3.97. The number of nitrogens with one attached hydrogen (secondary N) is 1. The Kier molecular flexibility index (Phi) is 3.96. The lowest BCUT2D eigenvalue weighted by Gasteiger charge is -2.36. The van der Waals surface area contributed by atoms with Crippen LogP contribution in [0.5, 0.6) is 0 Å². The number of hydrogen-bond acceptors (Lipinski definition) is 2. The average molecular weight is 198 g/mol. The molecule has 0 spiro atoms. The second kappa shape index (κ2) is 4.63. The van der Waals surface area contributed by atoms with E-state index >= 15 is 0 Å². The molecule has 0 saturated heterocycles. The van der Waals surface area contributed by atoms with Crippen molar-refractivity contribution in [3.05, 3.63) is 0 Å². The van der Waals surface area contributed by atoms with Gasteiger partial charge in [0.1, 0.15) is 0 Å². The van der Waals surface area contributed by atoms with Crippen LogP contribution in [-0.4, -0.2) is 36.6 Å². The van der Waals surface area contributed by atoms with Gasteiger partial charge >= 0.3 is 0 Å². The van der Waals surface area contributed by atoms with Gasteiger partial charge in [0.05, 0.1) is 0 Å². The first kappa shape index (κ1) is 12.0. The standard InChI is InChI=1S/C12H26N2/c1-12(2,3)13-10-6-8-11(9-7-10)14(4)5/h10-11,13H,6-9H2,1-5H3/t10-,11-. The van der Waals surface area contributed by atoms with Crippen LogP contribution in [0.4, 0.5) is 0 Å². The molecule has 84 valence electrons. The van der Waals surface area contributed by atoms with Gasteiger partial charge in [-0.1, -0.05) is 0 Å². The summed E-state index contributed by atoms with van der Waals surface area (Å²) in [5, 5.41) is 3.70. The van der Waals surface area contributed by atoms with Crippen molar-refractivity contribution in [3.8, 4) is 0 Å². The van der Waals surface area contributed by atoms with E-state index < -0.39 is 0 Å². The zero-order valence-electron chi connectivity index (χ0n) is 10.4. The Labute approximate surface area is 89.1 Å². The van der Waals surface area contributed by atoms with E-state index in [1.54, 1.807) is 0 Å². The Morgan fingerprint density at radius 1 is 1.00 bits per heavy atom. The summed E-state index contributed by atoms with van der Waals surface area (Å²) in [4.78, 5) is 2.37. The lowest BCUT2D eigenvalue weighted by atomic mass is 9.89. The molecule has 1 N–H and O–H groups in total. The van der Waals surface area contributed by atoms with Gasteiger partial charge in [0.15, 0.2) is 0 Å². The van der Waals surface area contributed by atoms with Gasteiger partial charge in [0.2, 0.25) is 0 Å². The van der Waals surface area contributed by atoms with Gasteiger partial charge in [0, 0.05) is 17.6 Å². The van der Waals surface area contributed by atoms with E-state index in [2.05, 4.69) is 45.1 Å². The average Bonchev–Trinajstić information content (AvgIpc) is 2.02. The SMILES string of the molecule is CN(C)[C@H]1CC[C@H](NC(C)(C)C)CC1. The lowest BCUT2D eigenvalue weighted by Crippen LogP contribution is -2.47. The first-order chi connectivity index (χ1) is 6.38. The quantitative estimate of drug-likeness (QED) is 0.732. The van der Waals surface area contributed by atoms with Crippen LogP contribution in [0.3, 0.4) is 0 Å². The van der Waals surface area contributed by atoms with Gasteiger partial charge in [-0.3, -0.25) is 0 Å². The van der Waals surface area contributed by atoms with E-state index in [9.17, 15) is 0 Å². The minimum Gasteiger partial charge on any atom is -0.309 e. The van der Waals surface area contributed by atoms with Crippen molar-refractivity contribution in [2.75, 3.05) is 14.1 Å². The molecule has 0 radical (unpaired) electrons. The van der Waals surface area contributed by atoms with Gasteiger partial charge in [-0.2, -0.15) is 0 Å². The Balaban J connectivity index is 2.29. The maximum atomic E-state index is 3.70. The fourth-order valence-corrected chi connectivity index (χ4v) is 2.35. The summed E-state index contributed by atoms with van der Waals surface area (Å²) in [5.74, 6) is 0. The van der Waals surface area contributed by atoms with Crippen molar-refractivity contribution in [1.29, 1.82) is 0 Å². The van der Waals surface area contributed by atoms with Crippen LogP contribution in [0.2, 0.25) is 0 Å². The zero-order chi connectivity index (χ0) is 10.8. The van der Waals surface area contributed by atoms with Gasteiger partial charge in [-0.05, 0) is 60.5 Å². The van der Waals surface area contributed by atoms with Gasteiger partial charge in [-0.25, -0.2) is 0 Å². The molecule has 14 heavy (non-hydrogen) atoms. The van der Waals surface area contributed by atoms with Gasteiger partial charge in [0.25, 0.3) is 0 Å². The molecule has 0 aromatic heterocycles. The summed E-state index contributed by atoms with van der Waals surface area (Å²) in [6.45, 7) is 6.76. The smallest absolute Gasteiger partial charge is 0.00990 e. The molecule has 0 amide bonds. The summed E-state index contributed by atoms with van der Waals surface area (Å²) < 4.78 is 0. The third-order valence-corrected chi connectivity index (χ3v) is 3.06. The molecule has 1 fully saturated rings. The predicted molar refractivity (Wildman–Crippen MR) is 62.6 cm³/mol. The molecule has 0 atom stereocenters. The lowest BCUT2D eigenvalue weighted by molar-refractivity contribution is 0.190. The molecule has 0 aliphatic heterocycles.